The lowest BCUT2D eigenvalue weighted by molar-refractivity contribution is 0.314. The number of para-hydroxylation sites is 2. The highest BCUT2D eigenvalue weighted by Gasteiger charge is 2.13. The lowest BCUT2D eigenvalue weighted by Gasteiger charge is -2.14. The maximum absolute atomic E-state index is 6.18. The van der Waals surface area contributed by atoms with Gasteiger partial charge in [0.1, 0.15) is 5.75 Å². The molecule has 0 fully saturated rings. The third kappa shape index (κ3) is 3.05. The topological polar surface area (TPSA) is 35.0 Å². The van der Waals surface area contributed by atoms with Crippen LogP contribution in [0.2, 0.25) is 0 Å². The predicted molar refractivity (Wildman–Crippen MR) is 103 cm³/mol. The van der Waals surface area contributed by atoms with Crippen molar-refractivity contribution in [3.8, 4) is 17.0 Å². The number of hydrogen-bond donors (Lipinski definition) is 0. The van der Waals surface area contributed by atoms with Crippen molar-refractivity contribution in [2.24, 2.45) is 0 Å². The van der Waals surface area contributed by atoms with Crippen LogP contribution in [0.5, 0.6) is 5.75 Å². The maximum Gasteiger partial charge on any atom is 0.139 e. The highest BCUT2D eigenvalue weighted by Crippen LogP contribution is 2.35. The predicted octanol–water partition coefficient (Wildman–Crippen LogP) is 5.63. The average molecular weight is 328 g/mol. The molecule has 0 aliphatic heterocycles. The third-order valence-corrected chi connectivity index (χ3v) is 4.34. The number of ether oxygens (including phenoxy) is 1. The van der Waals surface area contributed by atoms with Gasteiger partial charge in [-0.1, -0.05) is 49.7 Å². The number of pyridine rings is 2. The van der Waals surface area contributed by atoms with E-state index in [1.54, 1.807) is 0 Å². The summed E-state index contributed by atoms with van der Waals surface area (Å²) in [7, 11) is 0. The van der Waals surface area contributed by atoms with Gasteiger partial charge in [0, 0.05) is 17.0 Å². The van der Waals surface area contributed by atoms with Gasteiger partial charge in [-0.3, -0.25) is 4.98 Å². The standard InChI is InChI=1S/C22H20N2O/c1-2-3-14-25-22-17-9-5-7-11-20(17)23-15-18(22)21-13-12-16-8-4-6-10-19(16)24-21/h4-13,15H,2-3,14H2,1H3. The van der Waals surface area contributed by atoms with Gasteiger partial charge in [-0.25, -0.2) is 4.98 Å². The molecule has 0 bridgehead atoms. The van der Waals surface area contributed by atoms with E-state index in [0.29, 0.717) is 6.61 Å². The molecule has 2 aromatic carbocycles. The molecule has 0 aliphatic carbocycles. The Hall–Kier alpha value is -2.94. The number of unbranched alkanes of at least 4 members (excludes halogenated alkanes) is 1. The van der Waals surface area contributed by atoms with Crippen LogP contribution in [-0.4, -0.2) is 16.6 Å². The van der Waals surface area contributed by atoms with E-state index >= 15 is 0 Å². The van der Waals surface area contributed by atoms with E-state index < -0.39 is 0 Å². The Bertz CT molecular complexity index is 1030. The lowest BCUT2D eigenvalue weighted by Crippen LogP contribution is -2.00. The van der Waals surface area contributed by atoms with Gasteiger partial charge < -0.3 is 4.74 Å². The van der Waals surface area contributed by atoms with E-state index in [4.69, 9.17) is 9.72 Å². The van der Waals surface area contributed by atoms with E-state index in [2.05, 4.69) is 30.1 Å². The molecular weight excluding hydrogens is 308 g/mol. The van der Waals surface area contributed by atoms with Crippen molar-refractivity contribution in [3.63, 3.8) is 0 Å². The normalized spacial score (nSPS) is 11.1. The van der Waals surface area contributed by atoms with Crippen LogP contribution in [0.15, 0.2) is 66.9 Å². The Morgan fingerprint density at radius 1 is 0.880 bits per heavy atom. The van der Waals surface area contributed by atoms with E-state index in [-0.39, 0.29) is 0 Å². The zero-order valence-corrected chi connectivity index (χ0v) is 14.3. The van der Waals surface area contributed by atoms with Crippen molar-refractivity contribution in [1.29, 1.82) is 0 Å². The number of fused-ring (bicyclic) bond motifs is 2. The fraction of sp³-hybridized carbons (Fsp3) is 0.182. The second-order valence-corrected chi connectivity index (χ2v) is 6.11. The first kappa shape index (κ1) is 15.6. The molecule has 0 N–H and O–H groups in total. The van der Waals surface area contributed by atoms with E-state index in [0.717, 1.165) is 51.7 Å². The van der Waals surface area contributed by atoms with E-state index in [9.17, 15) is 0 Å². The summed E-state index contributed by atoms with van der Waals surface area (Å²) in [4.78, 5) is 9.43. The molecule has 0 saturated heterocycles. The first-order valence-electron chi connectivity index (χ1n) is 8.73. The molecule has 124 valence electrons. The van der Waals surface area contributed by atoms with Crippen LogP contribution in [-0.2, 0) is 0 Å². The van der Waals surface area contributed by atoms with Gasteiger partial charge in [0.15, 0.2) is 0 Å². The minimum absolute atomic E-state index is 0.699. The van der Waals surface area contributed by atoms with Gasteiger partial charge >= 0.3 is 0 Å². The van der Waals surface area contributed by atoms with Crippen molar-refractivity contribution in [3.05, 3.63) is 66.9 Å². The Labute approximate surface area is 147 Å². The van der Waals surface area contributed by atoms with E-state index in [1.165, 1.54) is 0 Å². The molecule has 25 heavy (non-hydrogen) atoms. The zero-order chi connectivity index (χ0) is 17.1. The number of benzene rings is 2. The highest BCUT2D eigenvalue weighted by atomic mass is 16.5. The van der Waals surface area contributed by atoms with E-state index in [1.807, 2.05) is 48.7 Å². The van der Waals surface area contributed by atoms with Crippen molar-refractivity contribution in [1.82, 2.24) is 9.97 Å². The Balaban J connectivity index is 1.87. The Morgan fingerprint density at radius 3 is 2.56 bits per heavy atom. The fourth-order valence-electron chi connectivity index (χ4n) is 2.99. The number of rotatable bonds is 5. The van der Waals surface area contributed by atoms with Crippen LogP contribution in [0.4, 0.5) is 0 Å². The van der Waals surface area contributed by atoms with Gasteiger partial charge in [-0.2, -0.15) is 0 Å². The fourth-order valence-corrected chi connectivity index (χ4v) is 2.99. The molecule has 4 aromatic rings. The zero-order valence-electron chi connectivity index (χ0n) is 14.3. The molecule has 2 heterocycles. The van der Waals surface area contributed by atoms with Gasteiger partial charge in [0.05, 0.1) is 28.9 Å². The van der Waals surface area contributed by atoms with Crippen LogP contribution in [0.3, 0.4) is 0 Å². The van der Waals surface area contributed by atoms with Crippen molar-refractivity contribution < 1.29 is 4.74 Å². The maximum atomic E-state index is 6.18. The molecule has 0 amide bonds. The molecule has 2 aromatic heterocycles. The van der Waals surface area contributed by atoms with Crippen LogP contribution in [0, 0.1) is 0 Å². The van der Waals surface area contributed by atoms with Crippen LogP contribution in [0.25, 0.3) is 33.1 Å². The molecule has 0 spiro atoms. The van der Waals surface area contributed by atoms with Gasteiger partial charge in [-0.15, -0.1) is 0 Å². The van der Waals surface area contributed by atoms with Crippen LogP contribution < -0.4 is 4.74 Å². The summed E-state index contributed by atoms with van der Waals surface area (Å²) in [5, 5.41) is 2.17. The summed E-state index contributed by atoms with van der Waals surface area (Å²) in [6.07, 6.45) is 4.01. The van der Waals surface area contributed by atoms with Crippen molar-refractivity contribution in [2.75, 3.05) is 6.61 Å². The average Bonchev–Trinajstić information content (AvgIpc) is 2.68. The molecule has 3 heteroatoms. The molecule has 0 unspecified atom stereocenters. The van der Waals surface area contributed by atoms with Crippen LogP contribution >= 0.6 is 0 Å². The summed E-state index contributed by atoms with van der Waals surface area (Å²) < 4.78 is 6.18. The lowest BCUT2D eigenvalue weighted by atomic mass is 10.1. The van der Waals surface area contributed by atoms with Crippen molar-refractivity contribution in [2.45, 2.75) is 19.8 Å². The molecule has 0 atom stereocenters. The van der Waals surface area contributed by atoms with Gasteiger partial charge in [0.2, 0.25) is 0 Å². The molecule has 0 aliphatic rings. The number of nitrogens with zero attached hydrogens (tertiary/aromatic N) is 2. The summed E-state index contributed by atoms with van der Waals surface area (Å²) in [6.45, 7) is 2.87. The first-order valence-corrected chi connectivity index (χ1v) is 8.73. The largest absolute Gasteiger partial charge is 0.492 e. The van der Waals surface area contributed by atoms with Crippen LogP contribution in [0.1, 0.15) is 19.8 Å². The SMILES string of the molecule is CCCCOc1c(-c2ccc3ccccc3n2)cnc2ccccc12. The third-order valence-electron chi connectivity index (χ3n) is 4.34. The van der Waals surface area contributed by atoms with Crippen molar-refractivity contribution >= 4 is 21.8 Å². The minimum Gasteiger partial charge on any atom is -0.492 e. The van der Waals surface area contributed by atoms with Gasteiger partial charge in [-0.05, 0) is 30.7 Å². The summed E-state index contributed by atoms with van der Waals surface area (Å²) in [6, 6.07) is 20.4. The first-order chi connectivity index (χ1) is 12.4. The molecule has 0 saturated carbocycles. The second-order valence-electron chi connectivity index (χ2n) is 6.11. The molecule has 0 radical (unpaired) electrons. The second kappa shape index (κ2) is 6.89. The summed E-state index contributed by atoms with van der Waals surface area (Å²) >= 11 is 0. The molecular formula is C22H20N2O. The smallest absolute Gasteiger partial charge is 0.139 e. The Morgan fingerprint density at radius 2 is 1.68 bits per heavy atom. The quantitative estimate of drug-likeness (QED) is 0.445. The number of hydrogen-bond acceptors (Lipinski definition) is 3. The summed E-state index contributed by atoms with van der Waals surface area (Å²) in [5.74, 6) is 0.877. The highest BCUT2D eigenvalue weighted by molar-refractivity contribution is 5.92. The minimum atomic E-state index is 0.699. The van der Waals surface area contributed by atoms with Gasteiger partial charge in [0.25, 0.3) is 0 Å². The monoisotopic (exact) mass is 328 g/mol. The summed E-state index contributed by atoms with van der Waals surface area (Å²) in [5.41, 5.74) is 3.76. The molecule has 4 rings (SSSR count). The molecule has 3 nitrogen and oxygen atoms in total. The number of aromatic nitrogens is 2. The Kier molecular flexibility index (Phi) is 4.30.